The first-order valence-corrected chi connectivity index (χ1v) is 20.5. The fourth-order valence-corrected chi connectivity index (χ4v) is 5.86. The molecule has 0 bridgehead atoms. The average Bonchev–Trinajstić information content (AvgIpc) is 3.65. The number of hydrogen-bond donors (Lipinski definition) is 0. The van der Waals surface area contributed by atoms with Crippen molar-refractivity contribution in [2.24, 2.45) is 0 Å². The van der Waals surface area contributed by atoms with Crippen molar-refractivity contribution >= 4 is 60.5 Å². The zero-order valence-electron chi connectivity index (χ0n) is 39.5. The Morgan fingerprint density at radius 3 is 0.897 bits per heavy atom. The standard InChI is InChI=1S/C13H8OS.C12H8B.C10H8.7C2H6.3CH3.3Y/c14-13-9-5-1-3-7-11(9)15-12-8-4-2-6-10(12)13;1-3-7-11-9(5-1)10-6-2-4-8-12(10)13-11;1-2-6-10-8-4-3-7-9(10)5-1;7*1-2;;;;;;/h1-8H;1-8H;1-8H;7*1-2H3;3*1H3;;;/q;;;;;;;;;;3*-1;;;. The fraction of sp³-hybridized carbons (Fsp3) is 0.269. The van der Waals surface area contributed by atoms with Crippen LogP contribution in [-0.2, 0) is 98.1 Å². The maximum atomic E-state index is 12.1. The van der Waals surface area contributed by atoms with Crippen LogP contribution >= 0.6 is 11.3 Å². The van der Waals surface area contributed by atoms with Crippen molar-refractivity contribution in [2.75, 3.05) is 0 Å². The quantitative estimate of drug-likeness (QED) is 0.0840. The molecule has 6 heteroatoms. The molecule has 0 atom stereocenters. The van der Waals surface area contributed by atoms with Crippen LogP contribution < -0.4 is 16.4 Å². The monoisotopic (exact) mass is 1030 g/mol. The molecule has 0 spiro atoms. The van der Waals surface area contributed by atoms with Gasteiger partial charge in [0.1, 0.15) is 0 Å². The number of benzene rings is 6. The van der Waals surface area contributed by atoms with Crippen LogP contribution in [0.2, 0.25) is 0 Å². The molecule has 0 N–H and O–H groups in total. The molecular weight excluding hydrogens is 950 g/mol. The predicted molar refractivity (Wildman–Crippen MR) is 265 cm³/mol. The van der Waals surface area contributed by atoms with Gasteiger partial charge in [0.25, 0.3) is 0 Å². The maximum absolute atomic E-state index is 12.1. The fourth-order valence-electron chi connectivity index (χ4n) is 4.79. The summed E-state index contributed by atoms with van der Waals surface area (Å²) in [5, 5.41) is 4.26. The van der Waals surface area contributed by atoms with Gasteiger partial charge in [-0.2, -0.15) is 0 Å². The van der Waals surface area contributed by atoms with Gasteiger partial charge in [0.05, 0.1) is 0 Å². The minimum atomic E-state index is 0. The summed E-state index contributed by atoms with van der Waals surface area (Å²) >= 11 is 1.67. The summed E-state index contributed by atoms with van der Waals surface area (Å²) < 4.78 is 2.11. The van der Waals surface area contributed by atoms with Gasteiger partial charge in [-0.3, -0.25) is 4.79 Å². The predicted octanol–water partition coefficient (Wildman–Crippen LogP) is 16.1. The minimum Gasteiger partial charge on any atom is -0.358 e. The molecule has 0 saturated carbocycles. The molecule has 2 heterocycles. The molecule has 8 rings (SSSR count). The van der Waals surface area contributed by atoms with Crippen molar-refractivity contribution in [2.45, 2.75) is 96.9 Å². The van der Waals surface area contributed by atoms with Crippen LogP contribution in [0.25, 0.3) is 42.1 Å². The Hall–Kier alpha value is -1.15. The number of hydrogen-bond acceptors (Lipinski definition) is 2. The van der Waals surface area contributed by atoms with Crippen molar-refractivity contribution in [1.29, 1.82) is 0 Å². The van der Waals surface area contributed by atoms with E-state index in [1.54, 1.807) is 11.3 Å². The van der Waals surface area contributed by atoms with Gasteiger partial charge in [0.15, 0.2) is 12.7 Å². The van der Waals surface area contributed by atoms with Crippen molar-refractivity contribution in [3.63, 3.8) is 0 Å². The molecular formula is C52H75BOSY3-3. The van der Waals surface area contributed by atoms with Crippen LogP contribution in [0.1, 0.15) is 96.9 Å². The summed E-state index contributed by atoms with van der Waals surface area (Å²) in [6, 6.07) is 49.3. The number of rotatable bonds is 0. The Bertz CT molecular complexity index is 1790. The van der Waals surface area contributed by atoms with E-state index in [0.29, 0.717) is 0 Å². The van der Waals surface area contributed by atoms with E-state index in [4.69, 9.17) is 0 Å². The third-order valence-corrected chi connectivity index (χ3v) is 7.82. The van der Waals surface area contributed by atoms with Crippen LogP contribution in [0.3, 0.4) is 0 Å². The van der Waals surface area contributed by atoms with Gasteiger partial charge in [-0.15, -0.1) is 11.3 Å². The number of fused-ring (bicyclic) bond motifs is 6. The summed E-state index contributed by atoms with van der Waals surface area (Å²) in [4.78, 5) is 12.1. The smallest absolute Gasteiger partial charge is 0.195 e. The first kappa shape index (κ1) is 74.3. The Morgan fingerprint density at radius 2 is 0.586 bits per heavy atom. The van der Waals surface area contributed by atoms with Crippen LogP contribution in [0.15, 0.2) is 150 Å². The molecule has 1 aliphatic heterocycles. The van der Waals surface area contributed by atoms with Gasteiger partial charge >= 0.3 is 0 Å². The Balaban J connectivity index is -0.0000000902. The van der Waals surface area contributed by atoms with E-state index >= 15 is 0 Å². The Labute approximate surface area is 439 Å². The van der Waals surface area contributed by atoms with Crippen molar-refractivity contribution in [1.82, 2.24) is 0 Å². The first-order valence-electron chi connectivity index (χ1n) is 19.7. The molecule has 7 aromatic rings. The second-order valence-electron chi connectivity index (χ2n) is 9.09. The minimum absolute atomic E-state index is 0. The largest absolute Gasteiger partial charge is 0.358 e. The van der Waals surface area contributed by atoms with E-state index in [9.17, 15) is 4.79 Å². The molecule has 58 heavy (non-hydrogen) atoms. The zero-order chi connectivity index (χ0) is 39.7. The molecule has 1 aliphatic rings. The topological polar surface area (TPSA) is 17.1 Å². The second kappa shape index (κ2) is 50.2. The van der Waals surface area contributed by atoms with E-state index < -0.39 is 0 Å². The van der Waals surface area contributed by atoms with E-state index in [1.807, 2.05) is 145 Å². The van der Waals surface area contributed by atoms with E-state index in [0.717, 1.165) is 20.2 Å². The molecule has 0 aliphatic carbocycles. The molecule has 0 saturated heterocycles. The molecule has 1 nitrogen and oxygen atoms in total. The van der Waals surface area contributed by atoms with Crippen molar-refractivity contribution < 1.29 is 98.1 Å². The Kier molecular flexibility index (Phi) is 64.3. The van der Waals surface area contributed by atoms with Gasteiger partial charge in [-0.05, 0) is 46.2 Å². The molecule has 6 aromatic carbocycles. The third-order valence-electron chi connectivity index (χ3n) is 6.66. The van der Waals surface area contributed by atoms with Gasteiger partial charge < -0.3 is 22.3 Å². The first-order chi connectivity index (χ1) is 25.8. The van der Waals surface area contributed by atoms with Gasteiger partial charge in [-0.1, -0.05) is 229 Å². The van der Waals surface area contributed by atoms with Gasteiger partial charge in [-0.25, -0.2) is 0 Å². The van der Waals surface area contributed by atoms with Crippen molar-refractivity contribution in [3.8, 4) is 11.1 Å². The SMILES string of the molecule is CC.CC.CC.CC.CC.CC.CC.O=c1c2ccccc2sc2ccccc12.[B]1c2ccccc2-c2ccccc21.[CH3-].[CH3-].[CH3-].[Y].[Y].[Y].c1ccc2ccccc2c1. The zero-order valence-corrected chi connectivity index (χ0v) is 48.8. The summed E-state index contributed by atoms with van der Waals surface area (Å²) in [6.45, 7) is 28.0. The second-order valence-corrected chi connectivity index (χ2v) is 10.2. The molecule has 1 aromatic heterocycles. The van der Waals surface area contributed by atoms with Gasteiger partial charge in [0, 0.05) is 118 Å². The molecule has 4 radical (unpaired) electrons. The van der Waals surface area contributed by atoms with E-state index in [1.165, 1.54) is 32.8 Å². The third kappa shape index (κ3) is 24.3. The van der Waals surface area contributed by atoms with E-state index in [2.05, 4.69) is 104 Å². The summed E-state index contributed by atoms with van der Waals surface area (Å²) in [5.74, 6) is 0. The van der Waals surface area contributed by atoms with Crippen LogP contribution in [0.4, 0.5) is 0 Å². The molecule has 0 unspecified atom stereocenters. The Morgan fingerprint density at radius 1 is 0.345 bits per heavy atom. The maximum Gasteiger partial charge on any atom is 0.195 e. The normalized spacial score (nSPS) is 7.90. The van der Waals surface area contributed by atoms with E-state index in [-0.39, 0.29) is 126 Å². The molecule has 0 fully saturated rings. The summed E-state index contributed by atoms with van der Waals surface area (Å²) in [5.41, 5.74) is 5.53. The average molecular weight is 1030 g/mol. The molecule has 310 valence electrons. The van der Waals surface area contributed by atoms with Crippen LogP contribution in [0.5, 0.6) is 0 Å². The van der Waals surface area contributed by atoms with Crippen LogP contribution in [0, 0.1) is 22.3 Å². The summed E-state index contributed by atoms with van der Waals surface area (Å²) in [6.07, 6.45) is 0. The van der Waals surface area contributed by atoms with Crippen LogP contribution in [-0.4, -0.2) is 7.28 Å². The summed E-state index contributed by atoms with van der Waals surface area (Å²) in [7, 11) is 2.24. The van der Waals surface area contributed by atoms with Gasteiger partial charge in [0.2, 0.25) is 0 Å². The van der Waals surface area contributed by atoms with Crippen molar-refractivity contribution in [3.05, 3.63) is 178 Å². The molecule has 0 amide bonds.